The molecule has 0 amide bonds. The second-order valence-electron chi connectivity index (χ2n) is 5.82. The monoisotopic (exact) mass is 306 g/mol. The molecule has 1 heterocycles. The molecule has 6 nitrogen and oxygen atoms in total. The average Bonchev–Trinajstić information content (AvgIpc) is 2.31. The van der Waals surface area contributed by atoms with Crippen molar-refractivity contribution >= 4 is 34.9 Å². The molecule has 2 rings (SSSR count). The Morgan fingerprint density at radius 1 is 1.10 bits per heavy atom. The van der Waals surface area contributed by atoms with Crippen LogP contribution < -0.4 is 16.4 Å². The molecule has 0 saturated heterocycles. The van der Waals surface area contributed by atoms with Crippen LogP contribution in [0.1, 0.15) is 26.3 Å². The van der Waals surface area contributed by atoms with Gasteiger partial charge in [0.25, 0.3) is 0 Å². The molecule has 4 N–H and O–H groups in total. The van der Waals surface area contributed by atoms with Crippen molar-refractivity contribution in [3.8, 4) is 0 Å². The van der Waals surface area contributed by atoms with E-state index in [0.29, 0.717) is 17.6 Å². The zero-order valence-corrected chi connectivity index (χ0v) is 13.3. The SMILES string of the molecule is Cc1ccc(Nc2nc(Cl)nc(NC(C)(C)C)n2)cc1N. The maximum atomic E-state index is 5.93. The van der Waals surface area contributed by atoms with Crippen LogP contribution in [-0.4, -0.2) is 20.5 Å². The van der Waals surface area contributed by atoms with Gasteiger partial charge in [-0.1, -0.05) is 6.07 Å². The fraction of sp³-hybridized carbons (Fsp3) is 0.357. The molecule has 0 atom stereocenters. The van der Waals surface area contributed by atoms with Gasteiger partial charge in [-0.15, -0.1) is 0 Å². The van der Waals surface area contributed by atoms with Gasteiger partial charge in [0.15, 0.2) is 0 Å². The summed E-state index contributed by atoms with van der Waals surface area (Å²) in [6, 6.07) is 5.65. The van der Waals surface area contributed by atoms with Crippen LogP contribution in [0.5, 0.6) is 0 Å². The summed E-state index contributed by atoms with van der Waals surface area (Å²) >= 11 is 5.93. The van der Waals surface area contributed by atoms with Crippen molar-refractivity contribution in [2.75, 3.05) is 16.4 Å². The van der Waals surface area contributed by atoms with E-state index < -0.39 is 0 Å². The molecule has 1 aromatic heterocycles. The molecule has 7 heteroatoms. The summed E-state index contributed by atoms with van der Waals surface area (Å²) in [6.45, 7) is 7.99. The zero-order chi connectivity index (χ0) is 15.6. The van der Waals surface area contributed by atoms with Gasteiger partial charge in [-0.05, 0) is 57.0 Å². The Labute approximate surface area is 129 Å². The Morgan fingerprint density at radius 3 is 2.38 bits per heavy atom. The Bertz CT molecular complexity index is 650. The molecule has 112 valence electrons. The largest absolute Gasteiger partial charge is 0.398 e. The highest BCUT2D eigenvalue weighted by molar-refractivity contribution is 6.28. The fourth-order valence-electron chi connectivity index (χ4n) is 1.64. The van der Waals surface area contributed by atoms with Gasteiger partial charge in [-0.3, -0.25) is 0 Å². The van der Waals surface area contributed by atoms with Gasteiger partial charge in [0, 0.05) is 16.9 Å². The summed E-state index contributed by atoms with van der Waals surface area (Å²) in [7, 11) is 0. The van der Waals surface area contributed by atoms with Crippen molar-refractivity contribution in [1.82, 2.24) is 15.0 Å². The lowest BCUT2D eigenvalue weighted by molar-refractivity contribution is 0.625. The first-order valence-electron chi connectivity index (χ1n) is 6.56. The van der Waals surface area contributed by atoms with Crippen molar-refractivity contribution in [3.63, 3.8) is 0 Å². The van der Waals surface area contributed by atoms with E-state index in [0.717, 1.165) is 11.3 Å². The number of aromatic nitrogens is 3. The van der Waals surface area contributed by atoms with Crippen molar-refractivity contribution in [2.45, 2.75) is 33.2 Å². The van der Waals surface area contributed by atoms with Crippen LogP contribution in [0.3, 0.4) is 0 Å². The predicted molar refractivity (Wildman–Crippen MR) is 87.1 cm³/mol. The number of hydrogen-bond donors (Lipinski definition) is 3. The second kappa shape index (κ2) is 5.73. The van der Waals surface area contributed by atoms with Crippen LogP contribution in [0.2, 0.25) is 5.28 Å². The van der Waals surface area contributed by atoms with E-state index in [1.54, 1.807) is 0 Å². The van der Waals surface area contributed by atoms with Crippen LogP contribution in [0.4, 0.5) is 23.3 Å². The van der Waals surface area contributed by atoms with Crippen LogP contribution in [0, 0.1) is 6.92 Å². The molecule has 0 fully saturated rings. The van der Waals surface area contributed by atoms with E-state index in [2.05, 4.69) is 25.6 Å². The van der Waals surface area contributed by atoms with Crippen molar-refractivity contribution in [1.29, 1.82) is 0 Å². The van der Waals surface area contributed by atoms with Gasteiger partial charge in [-0.25, -0.2) is 0 Å². The summed E-state index contributed by atoms with van der Waals surface area (Å²) in [4.78, 5) is 12.4. The Hall–Kier alpha value is -2.08. The van der Waals surface area contributed by atoms with E-state index in [-0.39, 0.29) is 10.8 Å². The van der Waals surface area contributed by atoms with E-state index in [1.165, 1.54) is 0 Å². The van der Waals surface area contributed by atoms with Crippen LogP contribution in [0.25, 0.3) is 0 Å². The molecule has 0 saturated carbocycles. The van der Waals surface area contributed by atoms with Gasteiger partial charge in [0.05, 0.1) is 0 Å². The highest BCUT2D eigenvalue weighted by Gasteiger charge is 2.13. The molecule has 0 aliphatic rings. The number of halogens is 1. The van der Waals surface area contributed by atoms with Crippen molar-refractivity contribution < 1.29 is 0 Å². The first-order chi connectivity index (χ1) is 9.73. The Kier molecular flexibility index (Phi) is 4.18. The third-order valence-electron chi connectivity index (χ3n) is 2.63. The maximum Gasteiger partial charge on any atom is 0.233 e. The lowest BCUT2D eigenvalue weighted by Gasteiger charge is -2.20. The number of nitrogen functional groups attached to an aromatic ring is 1. The molecular weight excluding hydrogens is 288 g/mol. The Balaban J connectivity index is 2.25. The topological polar surface area (TPSA) is 88.8 Å². The molecule has 0 bridgehead atoms. The first-order valence-corrected chi connectivity index (χ1v) is 6.94. The second-order valence-corrected chi connectivity index (χ2v) is 6.16. The minimum Gasteiger partial charge on any atom is -0.398 e. The third-order valence-corrected chi connectivity index (χ3v) is 2.80. The Morgan fingerprint density at radius 2 is 1.76 bits per heavy atom. The number of nitrogens with one attached hydrogen (secondary N) is 2. The molecule has 0 spiro atoms. The molecule has 0 aliphatic carbocycles. The standard InChI is InChI=1S/C14H19ClN6/c1-8-5-6-9(7-10(8)16)17-12-18-11(15)19-13(20-12)21-14(2,3)4/h5-7H,16H2,1-4H3,(H2,17,18,19,20,21). The fourth-order valence-corrected chi connectivity index (χ4v) is 1.80. The smallest absolute Gasteiger partial charge is 0.233 e. The van der Waals surface area contributed by atoms with Crippen LogP contribution >= 0.6 is 11.6 Å². The van der Waals surface area contributed by atoms with E-state index in [4.69, 9.17) is 17.3 Å². The predicted octanol–water partition coefficient (Wildman–Crippen LogP) is 3.37. The number of rotatable bonds is 3. The highest BCUT2D eigenvalue weighted by Crippen LogP contribution is 2.21. The molecular formula is C14H19ClN6. The molecule has 21 heavy (non-hydrogen) atoms. The summed E-state index contributed by atoms with van der Waals surface area (Å²) in [6.07, 6.45) is 0. The van der Waals surface area contributed by atoms with Crippen molar-refractivity contribution in [3.05, 3.63) is 29.0 Å². The number of benzene rings is 1. The molecule has 1 aromatic carbocycles. The number of anilines is 4. The van der Waals surface area contributed by atoms with E-state index in [1.807, 2.05) is 45.9 Å². The lowest BCUT2D eigenvalue weighted by atomic mass is 10.1. The minimum atomic E-state index is -0.170. The van der Waals surface area contributed by atoms with Crippen molar-refractivity contribution in [2.24, 2.45) is 0 Å². The first kappa shape index (κ1) is 15.3. The van der Waals surface area contributed by atoms with E-state index in [9.17, 15) is 0 Å². The molecule has 0 aliphatic heterocycles. The molecule has 0 radical (unpaired) electrons. The summed E-state index contributed by atoms with van der Waals surface area (Å²) < 4.78 is 0. The van der Waals surface area contributed by atoms with Crippen LogP contribution in [0.15, 0.2) is 18.2 Å². The lowest BCUT2D eigenvalue weighted by Crippen LogP contribution is -2.27. The molecule has 2 aromatic rings. The summed E-state index contributed by atoms with van der Waals surface area (Å²) in [5, 5.41) is 6.35. The summed E-state index contributed by atoms with van der Waals surface area (Å²) in [5.41, 5.74) is 8.23. The molecule has 0 unspecified atom stereocenters. The van der Waals surface area contributed by atoms with Gasteiger partial charge in [0.1, 0.15) is 0 Å². The number of aryl methyl sites for hydroxylation is 1. The van der Waals surface area contributed by atoms with Gasteiger partial charge < -0.3 is 16.4 Å². The van der Waals surface area contributed by atoms with Gasteiger partial charge in [-0.2, -0.15) is 15.0 Å². The maximum absolute atomic E-state index is 5.93. The van der Waals surface area contributed by atoms with Crippen LogP contribution in [-0.2, 0) is 0 Å². The zero-order valence-electron chi connectivity index (χ0n) is 12.5. The summed E-state index contributed by atoms with van der Waals surface area (Å²) in [5.74, 6) is 0.787. The average molecular weight is 307 g/mol. The normalized spacial score (nSPS) is 11.3. The number of hydrogen-bond acceptors (Lipinski definition) is 6. The van der Waals surface area contributed by atoms with Gasteiger partial charge in [0.2, 0.25) is 17.2 Å². The van der Waals surface area contributed by atoms with E-state index >= 15 is 0 Å². The quantitative estimate of drug-likeness (QED) is 0.753. The third kappa shape index (κ3) is 4.46. The van der Waals surface area contributed by atoms with Gasteiger partial charge >= 0.3 is 0 Å². The minimum absolute atomic E-state index is 0.124. The number of nitrogens with zero attached hydrogens (tertiary/aromatic N) is 3. The number of nitrogens with two attached hydrogens (primary N) is 1. The highest BCUT2D eigenvalue weighted by atomic mass is 35.5.